The number of methoxy groups -OCH3 is 2. The molecule has 0 bridgehead atoms. The van der Waals surface area contributed by atoms with Gasteiger partial charge in [0.2, 0.25) is 0 Å². The highest BCUT2D eigenvalue weighted by Gasteiger charge is 1.87. The summed E-state index contributed by atoms with van der Waals surface area (Å²) in [6.45, 7) is 3.75. The van der Waals surface area contributed by atoms with E-state index >= 15 is 0 Å². The van der Waals surface area contributed by atoms with Crippen molar-refractivity contribution in [3.05, 3.63) is 24.2 Å². The van der Waals surface area contributed by atoms with Crippen LogP contribution in [0.5, 0.6) is 0 Å². The van der Waals surface area contributed by atoms with Crippen molar-refractivity contribution in [1.29, 1.82) is 0 Å². The molecule has 0 radical (unpaired) electrons. The van der Waals surface area contributed by atoms with Crippen LogP contribution in [0.25, 0.3) is 0 Å². The van der Waals surface area contributed by atoms with E-state index in [2.05, 4.69) is 9.47 Å². The molecule has 70 valence electrons. The monoisotopic (exact) mass is 172 g/mol. The van der Waals surface area contributed by atoms with Crippen LogP contribution in [0.2, 0.25) is 0 Å². The van der Waals surface area contributed by atoms with Crippen LogP contribution in [-0.4, -0.2) is 20.5 Å². The van der Waals surface area contributed by atoms with Gasteiger partial charge in [0.25, 0.3) is 0 Å². The molecule has 0 aliphatic carbocycles. The quantitative estimate of drug-likeness (QED) is 0.641. The fraction of sp³-hybridized carbons (Fsp3) is 0.556. The van der Waals surface area contributed by atoms with Crippen molar-refractivity contribution in [2.75, 3.05) is 14.2 Å². The lowest BCUT2D eigenvalue weighted by Gasteiger charge is -2.03. The predicted molar refractivity (Wildman–Crippen MR) is 46.9 cm³/mol. The minimum Gasteiger partial charge on any atom is -0.470 e. The zero-order chi connectivity index (χ0) is 9.40. The summed E-state index contributed by atoms with van der Waals surface area (Å²) in [5.74, 6) is 0.968. The second-order valence-electron chi connectivity index (χ2n) is 2.26. The maximum Gasteiger partial charge on any atom is 0.154 e. The van der Waals surface area contributed by atoms with Crippen molar-refractivity contribution >= 4 is 0 Å². The van der Waals surface area contributed by atoms with Gasteiger partial charge in [-0.15, -0.1) is 0 Å². The second-order valence-corrected chi connectivity index (χ2v) is 2.26. The van der Waals surface area contributed by atoms with Gasteiger partial charge >= 0.3 is 0 Å². The van der Waals surface area contributed by atoms with E-state index in [1.54, 1.807) is 20.5 Å². The molecular formula is C9H16O3. The van der Waals surface area contributed by atoms with Crippen LogP contribution < -0.4 is 0 Å². The molecule has 0 saturated heterocycles. The number of aryl methyl sites for hydroxylation is 1. The highest BCUT2D eigenvalue weighted by Crippen LogP contribution is 1.93. The first-order valence-electron chi connectivity index (χ1n) is 3.76. The van der Waals surface area contributed by atoms with E-state index in [1.165, 1.54) is 0 Å². The van der Waals surface area contributed by atoms with Gasteiger partial charge in [0, 0.05) is 14.2 Å². The van der Waals surface area contributed by atoms with E-state index in [0.29, 0.717) is 0 Å². The standard InChI is InChI=1S/C5H6O.C4H10O2/c1-5-3-2-4-6-5;1-4(5-2)6-3/h2-4H,1H3;4H,1-3H3. The van der Waals surface area contributed by atoms with Gasteiger partial charge in [-0.05, 0) is 26.0 Å². The smallest absolute Gasteiger partial charge is 0.154 e. The summed E-state index contributed by atoms with van der Waals surface area (Å²) < 4.78 is 14.2. The van der Waals surface area contributed by atoms with Gasteiger partial charge in [-0.3, -0.25) is 0 Å². The van der Waals surface area contributed by atoms with Crippen LogP contribution in [0.4, 0.5) is 0 Å². The average Bonchev–Trinajstić information content (AvgIpc) is 2.55. The molecule has 0 N–H and O–H groups in total. The molecule has 1 heterocycles. The molecule has 0 aliphatic rings. The van der Waals surface area contributed by atoms with Crippen LogP contribution in [0.1, 0.15) is 12.7 Å². The number of rotatable bonds is 2. The molecule has 1 aromatic heterocycles. The fourth-order valence-corrected chi connectivity index (χ4v) is 0.457. The minimum atomic E-state index is -0.0648. The highest BCUT2D eigenvalue weighted by atomic mass is 16.7. The van der Waals surface area contributed by atoms with Crippen LogP contribution in [-0.2, 0) is 9.47 Å². The minimum absolute atomic E-state index is 0.0648. The summed E-state index contributed by atoms with van der Waals surface area (Å²) in [5, 5.41) is 0. The first kappa shape index (κ1) is 11.2. The van der Waals surface area contributed by atoms with Crippen LogP contribution in [0.3, 0.4) is 0 Å². The van der Waals surface area contributed by atoms with E-state index in [4.69, 9.17) is 4.42 Å². The molecule has 0 aromatic carbocycles. The molecule has 1 aromatic rings. The lowest BCUT2D eigenvalue weighted by atomic mass is 10.5. The van der Waals surface area contributed by atoms with Crippen LogP contribution >= 0.6 is 0 Å². The van der Waals surface area contributed by atoms with E-state index < -0.39 is 0 Å². The largest absolute Gasteiger partial charge is 0.470 e. The van der Waals surface area contributed by atoms with Crippen molar-refractivity contribution in [3.8, 4) is 0 Å². The summed E-state index contributed by atoms with van der Waals surface area (Å²) in [7, 11) is 3.21. The Morgan fingerprint density at radius 2 is 1.92 bits per heavy atom. The topological polar surface area (TPSA) is 31.6 Å². The number of hydrogen-bond donors (Lipinski definition) is 0. The molecule has 0 atom stereocenters. The van der Waals surface area contributed by atoms with Crippen LogP contribution in [0.15, 0.2) is 22.8 Å². The van der Waals surface area contributed by atoms with E-state index in [1.807, 2.05) is 26.0 Å². The van der Waals surface area contributed by atoms with E-state index in [0.717, 1.165) is 5.76 Å². The lowest BCUT2D eigenvalue weighted by molar-refractivity contribution is -0.0877. The maximum absolute atomic E-state index is 4.83. The van der Waals surface area contributed by atoms with Crippen molar-refractivity contribution in [1.82, 2.24) is 0 Å². The van der Waals surface area contributed by atoms with Crippen LogP contribution in [0, 0.1) is 6.92 Å². The Labute approximate surface area is 73.3 Å². The summed E-state index contributed by atoms with van der Waals surface area (Å²) in [5.41, 5.74) is 0. The Hall–Kier alpha value is -0.800. The molecular weight excluding hydrogens is 156 g/mol. The number of hydrogen-bond acceptors (Lipinski definition) is 3. The van der Waals surface area contributed by atoms with Gasteiger partial charge in [0.1, 0.15) is 5.76 Å². The maximum atomic E-state index is 4.83. The van der Waals surface area contributed by atoms with Gasteiger partial charge in [0.05, 0.1) is 6.26 Å². The molecule has 3 nitrogen and oxygen atoms in total. The van der Waals surface area contributed by atoms with E-state index in [9.17, 15) is 0 Å². The average molecular weight is 172 g/mol. The Morgan fingerprint density at radius 3 is 2.00 bits per heavy atom. The molecule has 0 saturated carbocycles. The molecule has 0 amide bonds. The van der Waals surface area contributed by atoms with Crippen molar-refractivity contribution in [2.45, 2.75) is 20.1 Å². The summed E-state index contributed by atoms with van der Waals surface area (Å²) in [4.78, 5) is 0. The van der Waals surface area contributed by atoms with Gasteiger partial charge < -0.3 is 13.9 Å². The third-order valence-corrected chi connectivity index (χ3v) is 1.33. The third-order valence-electron chi connectivity index (χ3n) is 1.33. The zero-order valence-electron chi connectivity index (χ0n) is 8.03. The summed E-state index contributed by atoms with van der Waals surface area (Å²) in [6, 6.07) is 3.79. The normalized spacial score (nSPS) is 9.42. The van der Waals surface area contributed by atoms with Gasteiger partial charge in [-0.1, -0.05) is 0 Å². The fourth-order valence-electron chi connectivity index (χ4n) is 0.457. The van der Waals surface area contributed by atoms with E-state index in [-0.39, 0.29) is 6.29 Å². The molecule has 0 unspecified atom stereocenters. The first-order valence-corrected chi connectivity index (χ1v) is 3.76. The van der Waals surface area contributed by atoms with Gasteiger partial charge in [-0.25, -0.2) is 0 Å². The van der Waals surface area contributed by atoms with Crippen molar-refractivity contribution in [3.63, 3.8) is 0 Å². The Balaban J connectivity index is 0.000000202. The highest BCUT2D eigenvalue weighted by molar-refractivity contribution is 4.93. The molecule has 0 fully saturated rings. The third kappa shape index (κ3) is 5.95. The number of ether oxygens (including phenoxy) is 2. The summed E-state index contributed by atoms with van der Waals surface area (Å²) in [6.07, 6.45) is 1.60. The lowest BCUT2D eigenvalue weighted by Crippen LogP contribution is -2.05. The SMILES string of the molecule is COC(C)OC.Cc1ccco1. The second kappa shape index (κ2) is 6.88. The molecule has 3 heteroatoms. The van der Waals surface area contributed by atoms with Crippen molar-refractivity contribution in [2.24, 2.45) is 0 Å². The Bertz CT molecular complexity index is 166. The first-order chi connectivity index (χ1) is 5.70. The molecule has 0 spiro atoms. The Kier molecular flexibility index (Phi) is 6.42. The summed E-state index contributed by atoms with van der Waals surface area (Å²) >= 11 is 0. The molecule has 12 heavy (non-hydrogen) atoms. The zero-order valence-corrected chi connectivity index (χ0v) is 8.03. The molecule has 0 aliphatic heterocycles. The Morgan fingerprint density at radius 1 is 1.33 bits per heavy atom. The van der Waals surface area contributed by atoms with Gasteiger partial charge in [0.15, 0.2) is 6.29 Å². The number of furan rings is 1. The molecule has 1 rings (SSSR count). The van der Waals surface area contributed by atoms with Crippen molar-refractivity contribution < 1.29 is 13.9 Å². The predicted octanol–water partition coefficient (Wildman–Crippen LogP) is 2.21. The van der Waals surface area contributed by atoms with Gasteiger partial charge in [-0.2, -0.15) is 0 Å².